The van der Waals surface area contributed by atoms with Crippen LogP contribution in [0.1, 0.15) is 29.9 Å². The Kier molecular flexibility index (Phi) is 4.98. The summed E-state index contributed by atoms with van der Waals surface area (Å²) in [6, 6.07) is 13.1. The van der Waals surface area contributed by atoms with E-state index in [1.165, 1.54) is 11.6 Å². The molecule has 3 aliphatic rings. The van der Waals surface area contributed by atoms with Crippen LogP contribution >= 0.6 is 11.6 Å². The molecule has 7 heteroatoms. The normalized spacial score (nSPS) is 26.3. The lowest BCUT2D eigenvalue weighted by Crippen LogP contribution is -2.58. The zero-order valence-corrected chi connectivity index (χ0v) is 17.0. The van der Waals surface area contributed by atoms with Crippen molar-refractivity contribution in [3.05, 3.63) is 88.7 Å². The maximum Gasteiger partial charge on any atom is 0.219 e. The number of ether oxygens (including phenoxy) is 1. The van der Waals surface area contributed by atoms with Gasteiger partial charge in [-0.3, -0.25) is 4.99 Å². The predicted molar refractivity (Wildman–Crippen MR) is 116 cm³/mol. The van der Waals surface area contributed by atoms with Gasteiger partial charge in [0.05, 0.1) is 29.7 Å². The standard InChI is InChI=1S/C23H21ClFN4O/c24-22-5-2-6-23(25)21(22)14-30-20-4-1-3-16(11-20)17-9-18(10-17)28-29-8-7-26-12-19(29)13-27-15-29/h1-8,11-13,15,17-18,28H,9-10,14H2/q+1. The number of halogens is 2. The number of allylic oxidation sites excluding steroid dienone is 1. The van der Waals surface area contributed by atoms with E-state index in [-0.39, 0.29) is 12.4 Å². The van der Waals surface area contributed by atoms with Crippen LogP contribution in [0.3, 0.4) is 0 Å². The van der Waals surface area contributed by atoms with Crippen LogP contribution < -0.4 is 10.2 Å². The number of hydrogen-bond donors (Lipinski definition) is 1. The fourth-order valence-electron chi connectivity index (χ4n) is 4.03. The lowest BCUT2D eigenvalue weighted by atomic mass is 9.76. The summed E-state index contributed by atoms with van der Waals surface area (Å²) in [6.45, 7) is 0.103. The number of rotatable bonds is 6. The molecule has 2 aromatic rings. The average molecular weight is 424 g/mol. The summed E-state index contributed by atoms with van der Waals surface area (Å²) in [4.78, 5) is 8.47. The molecule has 0 spiro atoms. The summed E-state index contributed by atoms with van der Waals surface area (Å²) in [5, 5.41) is 0.377. The van der Waals surface area contributed by atoms with E-state index in [0.717, 1.165) is 24.3 Å². The molecule has 0 saturated heterocycles. The molecule has 5 nitrogen and oxygen atoms in total. The third kappa shape index (κ3) is 3.58. The second kappa shape index (κ2) is 7.80. The molecule has 1 atom stereocenters. The van der Waals surface area contributed by atoms with Gasteiger partial charge in [-0.25, -0.2) is 9.38 Å². The Hall–Kier alpha value is -2.80. The molecule has 1 unspecified atom stereocenters. The maximum atomic E-state index is 14.0. The van der Waals surface area contributed by atoms with Gasteiger partial charge < -0.3 is 4.74 Å². The topological polar surface area (TPSA) is 46.0 Å². The van der Waals surface area contributed by atoms with Gasteiger partial charge in [0.25, 0.3) is 0 Å². The van der Waals surface area contributed by atoms with Crippen molar-refractivity contribution in [2.75, 3.05) is 0 Å². The number of fused-ring (bicyclic) bond motifs is 1. The Labute approximate surface area is 179 Å². The smallest absolute Gasteiger partial charge is 0.219 e. The minimum absolute atomic E-state index is 0.103. The van der Waals surface area contributed by atoms with E-state index in [4.69, 9.17) is 16.3 Å². The maximum absolute atomic E-state index is 14.0. The molecule has 1 saturated carbocycles. The highest BCUT2D eigenvalue weighted by Crippen LogP contribution is 2.39. The molecule has 2 heterocycles. The van der Waals surface area contributed by atoms with E-state index in [1.54, 1.807) is 18.3 Å². The van der Waals surface area contributed by atoms with E-state index in [1.807, 2.05) is 43.2 Å². The molecule has 2 aliphatic heterocycles. The molecule has 30 heavy (non-hydrogen) atoms. The second-order valence-electron chi connectivity index (χ2n) is 7.73. The lowest BCUT2D eigenvalue weighted by Gasteiger charge is -2.40. The first kappa shape index (κ1) is 19.2. The van der Waals surface area contributed by atoms with Crippen molar-refractivity contribution < 1.29 is 13.7 Å². The van der Waals surface area contributed by atoms with Gasteiger partial charge in [0, 0.05) is 5.56 Å². The molecule has 1 aliphatic carbocycles. The van der Waals surface area contributed by atoms with Crippen molar-refractivity contribution in [1.82, 2.24) is 5.43 Å². The first-order valence-electron chi connectivity index (χ1n) is 9.91. The van der Waals surface area contributed by atoms with Crippen molar-refractivity contribution in [3.8, 4) is 5.75 Å². The Morgan fingerprint density at radius 3 is 2.90 bits per heavy atom. The molecule has 152 valence electrons. The SMILES string of the molecule is Fc1cccc(Cl)c1COc1cccc(C2CC(N[N+]34C=CN=CC3=CN=C4)C2)c1. The van der Waals surface area contributed by atoms with Crippen molar-refractivity contribution in [3.63, 3.8) is 0 Å². The zero-order valence-electron chi connectivity index (χ0n) is 16.2. The third-order valence-electron chi connectivity index (χ3n) is 5.79. The number of quaternary nitrogens is 1. The van der Waals surface area contributed by atoms with Gasteiger partial charge in [0.1, 0.15) is 24.4 Å². The summed E-state index contributed by atoms with van der Waals surface area (Å²) in [5.41, 5.74) is 6.28. The number of nitrogens with one attached hydrogen (secondary N) is 1. The van der Waals surface area contributed by atoms with Crippen LogP contribution in [0.15, 0.2) is 76.7 Å². The molecule has 1 fully saturated rings. The summed E-state index contributed by atoms with van der Waals surface area (Å²) in [7, 11) is 0. The highest BCUT2D eigenvalue weighted by Gasteiger charge is 2.41. The molecule has 2 aromatic carbocycles. The van der Waals surface area contributed by atoms with Crippen LogP contribution in [0, 0.1) is 5.82 Å². The molecule has 1 N–H and O–H groups in total. The molecule has 5 rings (SSSR count). The molecular formula is C23H21ClFN4O+. The number of benzene rings is 2. The van der Waals surface area contributed by atoms with Gasteiger partial charge in [-0.1, -0.05) is 29.8 Å². The Balaban J connectivity index is 1.20. The minimum atomic E-state index is -0.352. The largest absolute Gasteiger partial charge is 0.489 e. The fraction of sp³-hybridized carbons (Fsp3) is 0.217. The summed E-state index contributed by atoms with van der Waals surface area (Å²) in [6.07, 6.45) is 11.4. The average Bonchev–Trinajstić information content (AvgIpc) is 3.14. The predicted octanol–water partition coefficient (Wildman–Crippen LogP) is 5.06. The van der Waals surface area contributed by atoms with Crippen LogP contribution in [-0.2, 0) is 6.61 Å². The first-order valence-corrected chi connectivity index (χ1v) is 10.3. The Morgan fingerprint density at radius 2 is 2.03 bits per heavy atom. The molecule has 0 amide bonds. The van der Waals surface area contributed by atoms with Crippen molar-refractivity contribution in [2.45, 2.75) is 31.4 Å². The number of nitrogens with zero attached hydrogens (tertiary/aromatic N) is 3. The highest BCUT2D eigenvalue weighted by atomic mass is 35.5. The lowest BCUT2D eigenvalue weighted by molar-refractivity contribution is -0.788. The molecular weight excluding hydrogens is 403 g/mol. The first-order chi connectivity index (χ1) is 14.6. The van der Waals surface area contributed by atoms with E-state index in [9.17, 15) is 4.39 Å². The van der Waals surface area contributed by atoms with Gasteiger partial charge in [0.2, 0.25) is 6.34 Å². The van der Waals surface area contributed by atoms with E-state index < -0.39 is 0 Å². The fourth-order valence-corrected chi connectivity index (χ4v) is 4.24. The van der Waals surface area contributed by atoms with E-state index >= 15 is 0 Å². The number of aliphatic imine (C=N–C) groups is 2. The Morgan fingerprint density at radius 1 is 1.17 bits per heavy atom. The highest BCUT2D eigenvalue weighted by molar-refractivity contribution is 6.31. The quantitative estimate of drug-likeness (QED) is 0.660. The van der Waals surface area contributed by atoms with Crippen LogP contribution in [0.5, 0.6) is 5.75 Å². The van der Waals surface area contributed by atoms with Crippen LogP contribution in [0.2, 0.25) is 5.02 Å². The van der Waals surface area contributed by atoms with Crippen LogP contribution in [0.25, 0.3) is 0 Å². The van der Waals surface area contributed by atoms with Gasteiger partial charge in [0.15, 0.2) is 5.70 Å². The molecule has 0 radical (unpaired) electrons. The molecule has 0 aromatic heterocycles. The van der Waals surface area contributed by atoms with Crippen LogP contribution in [0.4, 0.5) is 4.39 Å². The number of hydrogen-bond acceptors (Lipinski definition) is 4. The summed E-state index contributed by atoms with van der Waals surface area (Å²) >= 11 is 6.09. The summed E-state index contributed by atoms with van der Waals surface area (Å²) in [5.74, 6) is 0.822. The molecule has 0 bridgehead atoms. The van der Waals surface area contributed by atoms with Gasteiger partial charge in [-0.15, -0.1) is 10.0 Å². The van der Waals surface area contributed by atoms with Crippen LogP contribution in [-0.4, -0.2) is 23.2 Å². The third-order valence-corrected chi connectivity index (χ3v) is 6.14. The Bertz CT molecular complexity index is 1070. The van der Waals surface area contributed by atoms with Gasteiger partial charge >= 0.3 is 0 Å². The van der Waals surface area contributed by atoms with Gasteiger partial charge in [-0.2, -0.15) is 0 Å². The van der Waals surface area contributed by atoms with E-state index in [2.05, 4.69) is 21.5 Å². The van der Waals surface area contributed by atoms with Crippen molar-refractivity contribution in [1.29, 1.82) is 0 Å². The minimum Gasteiger partial charge on any atom is -0.489 e. The second-order valence-corrected chi connectivity index (χ2v) is 8.14. The van der Waals surface area contributed by atoms with Crippen molar-refractivity contribution >= 4 is 24.2 Å². The summed E-state index contributed by atoms with van der Waals surface area (Å²) < 4.78 is 20.2. The zero-order chi connectivity index (χ0) is 20.6. The van der Waals surface area contributed by atoms with E-state index in [0.29, 0.717) is 27.1 Å². The monoisotopic (exact) mass is 423 g/mol. The van der Waals surface area contributed by atoms with Crippen molar-refractivity contribution in [2.24, 2.45) is 9.98 Å². The van der Waals surface area contributed by atoms with Gasteiger partial charge in [-0.05, 0) is 48.6 Å².